The van der Waals surface area contributed by atoms with Crippen molar-refractivity contribution < 1.29 is 0 Å². The summed E-state index contributed by atoms with van der Waals surface area (Å²) in [5.74, 6) is 1.92. The Morgan fingerprint density at radius 1 is 1.44 bits per heavy atom. The molecule has 4 nitrogen and oxygen atoms in total. The van der Waals surface area contributed by atoms with E-state index in [1.54, 1.807) is 0 Å². The molecule has 102 valence electrons. The highest BCUT2D eigenvalue weighted by atomic mass is 32.2. The molecule has 5 heteroatoms. The molecule has 0 aromatic carbocycles. The number of nitrogens with one attached hydrogen (secondary N) is 1. The van der Waals surface area contributed by atoms with Gasteiger partial charge in [-0.05, 0) is 26.1 Å². The minimum atomic E-state index is 0.820. The van der Waals surface area contributed by atoms with E-state index in [0.717, 1.165) is 43.5 Å². The third-order valence-electron chi connectivity index (χ3n) is 2.78. The zero-order valence-electron chi connectivity index (χ0n) is 11.9. The predicted octanol–water partition coefficient (Wildman–Crippen LogP) is 2.08. The van der Waals surface area contributed by atoms with Crippen LogP contribution in [-0.4, -0.2) is 42.1 Å². The van der Waals surface area contributed by atoms with Crippen molar-refractivity contribution in [3.63, 3.8) is 0 Å². The molecule has 0 atom stereocenters. The number of rotatable bonds is 8. The maximum Gasteiger partial charge on any atom is 0.225 e. The highest BCUT2D eigenvalue weighted by molar-refractivity contribution is 7.98. The van der Waals surface area contributed by atoms with Crippen LogP contribution in [0.5, 0.6) is 0 Å². The molecule has 1 aromatic rings. The fourth-order valence-corrected chi connectivity index (χ4v) is 2.02. The predicted molar refractivity (Wildman–Crippen MR) is 80.4 cm³/mol. The summed E-state index contributed by atoms with van der Waals surface area (Å²) in [6.07, 6.45) is 5.20. The Morgan fingerprint density at radius 2 is 2.22 bits per heavy atom. The van der Waals surface area contributed by atoms with Crippen molar-refractivity contribution in [1.29, 1.82) is 0 Å². The second kappa shape index (κ2) is 8.32. The number of aryl methyl sites for hydroxylation is 1. The average molecular weight is 268 g/mol. The van der Waals surface area contributed by atoms with Crippen molar-refractivity contribution in [3.05, 3.63) is 17.5 Å². The third kappa shape index (κ3) is 4.82. The highest BCUT2D eigenvalue weighted by Crippen LogP contribution is 2.10. The Bertz CT molecular complexity index is 357. The van der Waals surface area contributed by atoms with Gasteiger partial charge in [0.2, 0.25) is 5.95 Å². The number of hydrogen-bond donors (Lipinski definition) is 1. The van der Waals surface area contributed by atoms with Gasteiger partial charge in [0.25, 0.3) is 0 Å². The lowest BCUT2D eigenvalue weighted by atomic mass is 10.2. The summed E-state index contributed by atoms with van der Waals surface area (Å²) in [5.41, 5.74) is 2.25. The van der Waals surface area contributed by atoms with Crippen molar-refractivity contribution in [1.82, 2.24) is 15.3 Å². The number of nitrogens with zero attached hydrogens (tertiary/aromatic N) is 3. The summed E-state index contributed by atoms with van der Waals surface area (Å²) in [4.78, 5) is 11.1. The molecule has 0 aliphatic rings. The SMILES string of the molecule is CCCNCc1cnc(N(C)CCSC)nc1C. The van der Waals surface area contributed by atoms with E-state index in [1.807, 2.05) is 25.0 Å². The van der Waals surface area contributed by atoms with E-state index in [2.05, 4.69) is 40.3 Å². The lowest BCUT2D eigenvalue weighted by Crippen LogP contribution is -2.23. The Labute approximate surface area is 115 Å². The molecule has 0 saturated heterocycles. The van der Waals surface area contributed by atoms with E-state index in [-0.39, 0.29) is 0 Å². The van der Waals surface area contributed by atoms with Gasteiger partial charge in [0.15, 0.2) is 0 Å². The van der Waals surface area contributed by atoms with Gasteiger partial charge in [-0.25, -0.2) is 9.97 Å². The van der Waals surface area contributed by atoms with Gasteiger partial charge in [-0.3, -0.25) is 0 Å². The molecular formula is C13H24N4S. The molecular weight excluding hydrogens is 244 g/mol. The first-order chi connectivity index (χ1) is 8.69. The Balaban J connectivity index is 2.60. The summed E-state index contributed by atoms with van der Waals surface area (Å²) in [6, 6.07) is 0. The number of hydrogen-bond acceptors (Lipinski definition) is 5. The second-order valence-electron chi connectivity index (χ2n) is 4.37. The molecule has 0 fully saturated rings. The van der Waals surface area contributed by atoms with Crippen molar-refractivity contribution in [2.45, 2.75) is 26.8 Å². The van der Waals surface area contributed by atoms with Gasteiger partial charge < -0.3 is 10.2 Å². The number of aromatic nitrogens is 2. The van der Waals surface area contributed by atoms with E-state index < -0.39 is 0 Å². The molecule has 0 saturated carbocycles. The summed E-state index contributed by atoms with van der Waals surface area (Å²) >= 11 is 1.84. The molecule has 0 aliphatic carbocycles. The zero-order chi connectivity index (χ0) is 13.4. The van der Waals surface area contributed by atoms with Crippen LogP contribution in [0.3, 0.4) is 0 Å². The van der Waals surface area contributed by atoms with Crippen molar-refractivity contribution in [2.24, 2.45) is 0 Å². The first-order valence-corrected chi connectivity index (χ1v) is 7.81. The molecule has 0 spiro atoms. The van der Waals surface area contributed by atoms with E-state index in [0.29, 0.717) is 0 Å². The summed E-state index contributed by atoms with van der Waals surface area (Å²) in [6.45, 7) is 7.09. The summed E-state index contributed by atoms with van der Waals surface area (Å²) < 4.78 is 0. The quantitative estimate of drug-likeness (QED) is 0.731. The molecule has 1 rings (SSSR count). The minimum absolute atomic E-state index is 0.820. The average Bonchev–Trinajstić information content (AvgIpc) is 2.38. The first-order valence-electron chi connectivity index (χ1n) is 6.42. The zero-order valence-corrected chi connectivity index (χ0v) is 12.7. The van der Waals surface area contributed by atoms with Crippen LogP contribution in [0.1, 0.15) is 24.6 Å². The largest absolute Gasteiger partial charge is 0.343 e. The summed E-state index contributed by atoms with van der Waals surface area (Å²) in [7, 11) is 2.04. The molecule has 1 N–H and O–H groups in total. The second-order valence-corrected chi connectivity index (χ2v) is 5.36. The van der Waals surface area contributed by atoms with Crippen LogP contribution in [0.15, 0.2) is 6.20 Å². The highest BCUT2D eigenvalue weighted by Gasteiger charge is 2.06. The van der Waals surface area contributed by atoms with Crippen LogP contribution in [-0.2, 0) is 6.54 Å². The van der Waals surface area contributed by atoms with Gasteiger partial charge in [-0.15, -0.1) is 0 Å². The van der Waals surface area contributed by atoms with E-state index in [4.69, 9.17) is 0 Å². The lowest BCUT2D eigenvalue weighted by Gasteiger charge is -2.17. The Morgan fingerprint density at radius 3 is 2.83 bits per heavy atom. The smallest absolute Gasteiger partial charge is 0.225 e. The van der Waals surface area contributed by atoms with Gasteiger partial charge >= 0.3 is 0 Å². The molecule has 1 aromatic heterocycles. The standard InChI is InChI=1S/C13H24N4S/c1-5-6-14-9-12-10-15-13(16-11(12)2)17(3)7-8-18-4/h10,14H,5-9H2,1-4H3. The fourth-order valence-electron chi connectivity index (χ4n) is 1.57. The van der Waals surface area contributed by atoms with Crippen molar-refractivity contribution in [2.75, 3.05) is 37.0 Å². The normalized spacial score (nSPS) is 10.7. The number of thioether (sulfide) groups is 1. The van der Waals surface area contributed by atoms with Crippen LogP contribution in [0.2, 0.25) is 0 Å². The van der Waals surface area contributed by atoms with Crippen molar-refractivity contribution in [3.8, 4) is 0 Å². The van der Waals surface area contributed by atoms with E-state index >= 15 is 0 Å². The summed E-state index contributed by atoms with van der Waals surface area (Å²) in [5, 5.41) is 3.38. The molecule has 1 heterocycles. The van der Waals surface area contributed by atoms with Crippen LogP contribution >= 0.6 is 11.8 Å². The third-order valence-corrected chi connectivity index (χ3v) is 3.37. The Hall–Kier alpha value is -0.810. The molecule has 18 heavy (non-hydrogen) atoms. The molecule has 0 unspecified atom stereocenters. The monoisotopic (exact) mass is 268 g/mol. The van der Waals surface area contributed by atoms with Crippen molar-refractivity contribution >= 4 is 17.7 Å². The molecule has 0 amide bonds. The maximum absolute atomic E-state index is 4.57. The van der Waals surface area contributed by atoms with Gasteiger partial charge in [0.05, 0.1) is 0 Å². The Kier molecular flexibility index (Phi) is 7.05. The maximum atomic E-state index is 4.57. The van der Waals surface area contributed by atoms with Gasteiger partial charge in [0, 0.05) is 43.3 Å². The lowest BCUT2D eigenvalue weighted by molar-refractivity contribution is 0.668. The molecule has 0 aliphatic heterocycles. The van der Waals surface area contributed by atoms with Gasteiger partial charge in [-0.2, -0.15) is 11.8 Å². The van der Waals surface area contributed by atoms with Crippen LogP contribution < -0.4 is 10.2 Å². The topological polar surface area (TPSA) is 41.1 Å². The fraction of sp³-hybridized carbons (Fsp3) is 0.692. The molecule has 0 radical (unpaired) electrons. The van der Waals surface area contributed by atoms with Crippen LogP contribution in [0.25, 0.3) is 0 Å². The minimum Gasteiger partial charge on any atom is -0.343 e. The first kappa shape index (κ1) is 15.2. The van der Waals surface area contributed by atoms with Crippen LogP contribution in [0, 0.1) is 6.92 Å². The number of anilines is 1. The van der Waals surface area contributed by atoms with E-state index in [1.165, 1.54) is 5.56 Å². The van der Waals surface area contributed by atoms with E-state index in [9.17, 15) is 0 Å². The van der Waals surface area contributed by atoms with Gasteiger partial charge in [0.1, 0.15) is 0 Å². The van der Waals surface area contributed by atoms with Crippen LogP contribution in [0.4, 0.5) is 5.95 Å². The molecule has 0 bridgehead atoms. The van der Waals surface area contributed by atoms with Gasteiger partial charge in [-0.1, -0.05) is 6.92 Å².